The maximum atomic E-state index is 13.7. The number of hydrogen-bond donors (Lipinski definition) is 2. The van der Waals surface area contributed by atoms with Gasteiger partial charge in [-0.1, -0.05) is 133 Å². The predicted octanol–water partition coefficient (Wildman–Crippen LogP) is 11.9. The number of benzene rings is 3. The molecule has 0 aliphatic carbocycles. The van der Waals surface area contributed by atoms with Gasteiger partial charge >= 0.3 is 12.1 Å². The van der Waals surface area contributed by atoms with Gasteiger partial charge in [0.1, 0.15) is 5.75 Å². The number of nitrogens with zero attached hydrogens (tertiary/aromatic N) is 4. The molecule has 4 aromatic rings. The van der Waals surface area contributed by atoms with Crippen molar-refractivity contribution in [3.05, 3.63) is 95.4 Å². The van der Waals surface area contributed by atoms with Crippen LogP contribution in [0.3, 0.4) is 0 Å². The number of fused-ring (bicyclic) bond motifs is 1. The van der Waals surface area contributed by atoms with Gasteiger partial charge in [-0.3, -0.25) is 4.79 Å². The molecule has 0 atom stereocenters. The fourth-order valence-corrected chi connectivity index (χ4v) is 5.95. The third kappa shape index (κ3) is 13.5. The fourth-order valence-electron chi connectivity index (χ4n) is 5.95. The number of alkyl halides is 3. The van der Waals surface area contributed by atoms with Gasteiger partial charge in [0.25, 0.3) is 5.91 Å². The number of aromatic nitrogens is 2. The number of anilines is 1. The highest BCUT2D eigenvalue weighted by Crippen LogP contribution is 2.33. The van der Waals surface area contributed by atoms with Gasteiger partial charge in [-0.2, -0.15) is 13.2 Å². The molecule has 0 unspecified atom stereocenters. The van der Waals surface area contributed by atoms with E-state index in [2.05, 4.69) is 32.4 Å². The minimum absolute atomic E-state index is 0.0428. The molecule has 13 heteroatoms. The highest BCUT2D eigenvalue weighted by atomic mass is 19.4. The number of hydrogen-bond acceptors (Lipinski definition) is 9. The molecule has 0 radical (unpaired) electrons. The number of unbranched alkanes of at least 4 members (excludes halogenated alkanes) is 13. The van der Waals surface area contributed by atoms with Crippen LogP contribution in [0.1, 0.15) is 119 Å². The Balaban J connectivity index is 1.39. The van der Waals surface area contributed by atoms with Gasteiger partial charge in [0.05, 0.1) is 30.5 Å². The summed E-state index contributed by atoms with van der Waals surface area (Å²) < 4.78 is 51.8. The predicted molar refractivity (Wildman–Crippen MR) is 207 cm³/mol. The Kier molecular flexibility index (Phi) is 17.1. The van der Waals surface area contributed by atoms with E-state index in [-0.39, 0.29) is 40.1 Å². The van der Waals surface area contributed by atoms with E-state index in [4.69, 9.17) is 9.47 Å². The summed E-state index contributed by atoms with van der Waals surface area (Å²) in [4.78, 5) is 33.8. The van der Waals surface area contributed by atoms with Gasteiger partial charge in [0.2, 0.25) is 5.82 Å². The van der Waals surface area contributed by atoms with Crippen LogP contribution in [-0.4, -0.2) is 40.7 Å². The van der Waals surface area contributed by atoms with Crippen LogP contribution >= 0.6 is 0 Å². The first-order chi connectivity index (χ1) is 26.6. The van der Waals surface area contributed by atoms with E-state index < -0.39 is 41.2 Å². The molecule has 55 heavy (non-hydrogen) atoms. The minimum Gasteiger partial charge on any atom is -0.505 e. The third-order valence-electron chi connectivity index (χ3n) is 8.98. The number of ether oxygens (including phenoxy) is 2. The minimum atomic E-state index is -4.88. The molecule has 10 nitrogen and oxygen atoms in total. The zero-order chi connectivity index (χ0) is 39.5. The van der Waals surface area contributed by atoms with Crippen LogP contribution in [-0.2, 0) is 15.7 Å². The van der Waals surface area contributed by atoms with E-state index in [0.29, 0.717) is 0 Å². The summed E-state index contributed by atoms with van der Waals surface area (Å²) in [5.74, 6) is -3.93. The smallest absolute Gasteiger partial charge is 0.451 e. The molecule has 1 amide bonds. The molecule has 0 spiro atoms. The second-order valence-corrected chi connectivity index (χ2v) is 13.3. The number of carbonyl (C=O) groups excluding carboxylic acids is 2. The normalized spacial score (nSPS) is 12.2. The molecule has 2 N–H and O–H groups in total. The topological polar surface area (TPSA) is 135 Å². The zero-order valence-corrected chi connectivity index (χ0v) is 31.5. The van der Waals surface area contributed by atoms with Crippen molar-refractivity contribution in [2.75, 3.05) is 19.0 Å². The monoisotopic (exact) mass is 761 g/mol. The second-order valence-electron chi connectivity index (χ2n) is 13.3. The highest BCUT2D eigenvalue weighted by Gasteiger charge is 2.35. The summed E-state index contributed by atoms with van der Waals surface area (Å²) >= 11 is 0. The Morgan fingerprint density at radius 1 is 0.764 bits per heavy atom. The lowest BCUT2D eigenvalue weighted by atomic mass is 10.0. The van der Waals surface area contributed by atoms with E-state index in [1.165, 1.54) is 120 Å². The number of azo groups is 1. The first-order valence-corrected chi connectivity index (χ1v) is 19.0. The summed E-state index contributed by atoms with van der Waals surface area (Å²) in [5.41, 5.74) is -0.302. The Morgan fingerprint density at radius 3 is 1.98 bits per heavy atom. The molecule has 0 bridgehead atoms. The van der Waals surface area contributed by atoms with E-state index >= 15 is 0 Å². The van der Waals surface area contributed by atoms with Crippen LogP contribution < -0.4 is 10.1 Å². The molecule has 0 fully saturated rings. The summed E-state index contributed by atoms with van der Waals surface area (Å²) in [6, 6.07) is 18.2. The van der Waals surface area contributed by atoms with Gasteiger partial charge in [-0.25, -0.2) is 14.8 Å². The lowest BCUT2D eigenvalue weighted by molar-refractivity contribution is -0.144. The zero-order valence-electron chi connectivity index (χ0n) is 31.5. The number of halogens is 3. The Morgan fingerprint density at radius 2 is 1.36 bits per heavy atom. The molecule has 0 aliphatic heterocycles. The number of para-hydroxylation sites is 1. The second kappa shape index (κ2) is 22.1. The molecule has 0 saturated carbocycles. The maximum Gasteiger partial charge on any atom is 0.451 e. The largest absolute Gasteiger partial charge is 0.505 e. The summed E-state index contributed by atoms with van der Waals surface area (Å²) in [6.45, 7) is 2.49. The van der Waals surface area contributed by atoms with Gasteiger partial charge in [-0.05, 0) is 36.8 Å². The number of aliphatic hydroxyl groups excluding tert-OH is 1. The number of nitrogens with one attached hydrogen (secondary N) is 1. The molecular formula is C42H50F3N5O5. The van der Waals surface area contributed by atoms with Crippen LogP contribution in [0.2, 0.25) is 0 Å². The number of aliphatic hydroxyl groups is 1. The average molecular weight is 762 g/mol. The van der Waals surface area contributed by atoms with Crippen molar-refractivity contribution >= 4 is 40.0 Å². The van der Waals surface area contributed by atoms with Crippen LogP contribution in [0.4, 0.5) is 24.7 Å². The number of rotatable bonds is 22. The molecule has 0 saturated heterocycles. The Labute approximate surface area is 320 Å². The van der Waals surface area contributed by atoms with Crippen LogP contribution in [0, 0.1) is 0 Å². The molecule has 294 valence electrons. The van der Waals surface area contributed by atoms with Gasteiger partial charge < -0.3 is 19.9 Å². The van der Waals surface area contributed by atoms with Gasteiger partial charge in [0, 0.05) is 10.9 Å². The maximum absolute atomic E-state index is 13.7. The number of methoxy groups -OCH3 is 1. The van der Waals surface area contributed by atoms with Crippen molar-refractivity contribution in [3.63, 3.8) is 0 Å². The SMILES string of the molecule is CCCCCCCCCCCCCCCCOC(=O)c1ccc(OC)c(NC(=O)/C(N=Nc2nc(C(F)(F)F)nc3ccccc23)=C(\O)c2ccccc2)c1. The first-order valence-electron chi connectivity index (χ1n) is 19.0. The standard InChI is InChI=1S/C42H50F3N5O5/c1-3-4-5-6-7-8-9-10-11-12-13-14-15-21-28-55-40(53)31-26-27-35(54-2)34(29-31)46-39(52)36(37(51)30-22-17-16-18-23-30)49-50-38-32-24-19-20-25-33(32)47-41(48-38)42(43,44)45/h16-20,22-27,29,51H,3-15,21,28H2,1-2H3,(H,46,52)/b37-36+,50-49?. The fraction of sp³-hybridized carbons (Fsp3) is 0.429. The molecule has 1 heterocycles. The van der Waals surface area contributed by atoms with Crippen LogP contribution in [0.25, 0.3) is 16.7 Å². The summed E-state index contributed by atoms with van der Waals surface area (Å²) in [5, 5.41) is 21.7. The molecule has 3 aromatic carbocycles. The molecule has 0 aliphatic rings. The van der Waals surface area contributed by atoms with Crippen molar-refractivity contribution in [2.24, 2.45) is 10.2 Å². The van der Waals surface area contributed by atoms with Gasteiger partial charge in [-0.15, -0.1) is 10.2 Å². The summed E-state index contributed by atoms with van der Waals surface area (Å²) in [7, 11) is 1.37. The molecular weight excluding hydrogens is 711 g/mol. The first kappa shape index (κ1) is 42.4. The quantitative estimate of drug-likeness (QED) is 0.0267. The number of carbonyl (C=O) groups is 2. The van der Waals surface area contributed by atoms with E-state index in [0.717, 1.165) is 25.7 Å². The Bertz CT molecular complexity index is 1900. The number of esters is 1. The lowest BCUT2D eigenvalue weighted by Gasteiger charge is -2.13. The average Bonchev–Trinajstić information content (AvgIpc) is 3.19. The number of amides is 1. The highest BCUT2D eigenvalue weighted by molar-refractivity contribution is 6.08. The lowest BCUT2D eigenvalue weighted by Crippen LogP contribution is -2.16. The molecule has 1 aromatic heterocycles. The van der Waals surface area contributed by atoms with Crippen LogP contribution in [0.5, 0.6) is 5.75 Å². The van der Waals surface area contributed by atoms with E-state index in [1.807, 2.05) is 0 Å². The van der Waals surface area contributed by atoms with Crippen molar-refractivity contribution in [3.8, 4) is 5.75 Å². The van der Waals surface area contributed by atoms with Crippen molar-refractivity contribution < 1.29 is 37.3 Å². The Hall–Kier alpha value is -5.33. The summed E-state index contributed by atoms with van der Waals surface area (Å²) in [6.07, 6.45) is 12.1. The van der Waals surface area contributed by atoms with Crippen molar-refractivity contribution in [2.45, 2.75) is 103 Å². The van der Waals surface area contributed by atoms with Crippen molar-refractivity contribution in [1.29, 1.82) is 0 Å². The molecule has 4 rings (SSSR count). The van der Waals surface area contributed by atoms with E-state index in [9.17, 15) is 27.9 Å². The van der Waals surface area contributed by atoms with Crippen LogP contribution in [0.15, 0.2) is 88.7 Å². The third-order valence-corrected chi connectivity index (χ3v) is 8.98. The van der Waals surface area contributed by atoms with Crippen molar-refractivity contribution in [1.82, 2.24) is 9.97 Å². The van der Waals surface area contributed by atoms with Gasteiger partial charge in [0.15, 0.2) is 17.3 Å². The van der Waals surface area contributed by atoms with E-state index in [1.54, 1.807) is 24.3 Å².